The van der Waals surface area contributed by atoms with E-state index in [1.54, 1.807) is 42.5 Å². The number of rotatable bonds is 5. The zero-order chi connectivity index (χ0) is 24.9. The molecule has 2 unspecified atom stereocenters. The maximum Gasteiger partial charge on any atom is 0.240 e. The molecule has 0 aromatic heterocycles. The molecule has 1 aliphatic rings. The number of ether oxygens (including phenoxy) is 2. The fourth-order valence-electron chi connectivity index (χ4n) is 4.13. The van der Waals surface area contributed by atoms with Crippen LogP contribution in [-0.2, 0) is 4.74 Å². The SMILES string of the molecule is CC1(O)[C@](C)(Oc2cc(O)cc(C=Cc3ccc(O)cc3)c2)OC(C)(CO)[C@@](C)(O)[C@@]1(C)O. The molecule has 180 valence electrons. The lowest BCUT2D eigenvalue weighted by molar-refractivity contribution is -0.441. The van der Waals surface area contributed by atoms with Gasteiger partial charge in [-0.2, -0.15) is 0 Å². The highest BCUT2D eigenvalue weighted by Crippen LogP contribution is 2.53. The number of aliphatic hydroxyl groups excluding tert-OH is 1. The van der Waals surface area contributed by atoms with Crippen molar-refractivity contribution in [2.45, 2.75) is 62.8 Å². The molecule has 0 saturated carbocycles. The fourth-order valence-corrected chi connectivity index (χ4v) is 4.13. The number of benzene rings is 2. The Balaban J connectivity index is 1.98. The second-order valence-corrected chi connectivity index (χ2v) is 9.44. The van der Waals surface area contributed by atoms with Gasteiger partial charge in [-0.3, -0.25) is 0 Å². The van der Waals surface area contributed by atoms with Gasteiger partial charge in [-0.05, 0) is 63.1 Å². The molecule has 3 rings (SSSR count). The van der Waals surface area contributed by atoms with E-state index in [4.69, 9.17) is 9.47 Å². The molecule has 0 amide bonds. The van der Waals surface area contributed by atoms with Crippen LogP contribution >= 0.6 is 0 Å². The Kier molecular flexibility index (Phi) is 6.06. The third kappa shape index (κ3) is 3.98. The highest BCUT2D eigenvalue weighted by molar-refractivity contribution is 5.71. The number of aliphatic hydroxyl groups is 4. The average molecular weight is 461 g/mol. The van der Waals surface area contributed by atoms with Crippen LogP contribution in [0.4, 0.5) is 0 Å². The van der Waals surface area contributed by atoms with Gasteiger partial charge < -0.3 is 40.1 Å². The molecule has 6 N–H and O–H groups in total. The molecule has 1 aliphatic heterocycles. The standard InChI is InChI=1S/C25H32O8/c1-21(15-26)22(2,29)23(3,30)24(4,31)25(5,33-21)32-20-13-17(12-19(28)14-20)7-6-16-8-10-18(27)11-9-16/h6-14,26-31H,15H2,1-5H3/t21?,22-,23-,24?,25-/m1/s1. The van der Waals surface area contributed by atoms with Crippen molar-refractivity contribution in [3.05, 3.63) is 53.6 Å². The number of phenolic OH excluding ortho intramolecular Hbond substituents is 2. The molecular weight excluding hydrogens is 428 g/mol. The van der Waals surface area contributed by atoms with E-state index in [9.17, 15) is 30.6 Å². The Hall–Kier alpha value is -2.62. The van der Waals surface area contributed by atoms with Crippen LogP contribution in [0.1, 0.15) is 45.7 Å². The van der Waals surface area contributed by atoms with E-state index in [0.717, 1.165) is 5.56 Å². The summed E-state index contributed by atoms with van der Waals surface area (Å²) in [6.45, 7) is 5.93. The number of hydrogen-bond donors (Lipinski definition) is 6. The van der Waals surface area contributed by atoms with Crippen LogP contribution in [0.5, 0.6) is 17.2 Å². The summed E-state index contributed by atoms with van der Waals surface area (Å²) in [6, 6.07) is 11.0. The Bertz CT molecular complexity index is 1040. The van der Waals surface area contributed by atoms with E-state index in [0.29, 0.717) is 5.56 Å². The van der Waals surface area contributed by atoms with Crippen molar-refractivity contribution in [3.63, 3.8) is 0 Å². The molecule has 1 heterocycles. The maximum absolute atomic E-state index is 11.3. The summed E-state index contributed by atoms with van der Waals surface area (Å²) in [5.41, 5.74) is -6.65. The topological polar surface area (TPSA) is 140 Å². The minimum absolute atomic E-state index is 0.111. The van der Waals surface area contributed by atoms with Crippen molar-refractivity contribution < 1.29 is 40.1 Å². The van der Waals surface area contributed by atoms with Crippen molar-refractivity contribution >= 4 is 12.2 Å². The molecule has 8 heteroatoms. The van der Waals surface area contributed by atoms with Crippen LogP contribution in [0.15, 0.2) is 42.5 Å². The predicted molar refractivity (Wildman–Crippen MR) is 123 cm³/mol. The molecule has 0 spiro atoms. The number of phenols is 2. The molecule has 0 radical (unpaired) electrons. The van der Waals surface area contributed by atoms with E-state index >= 15 is 0 Å². The van der Waals surface area contributed by atoms with Crippen molar-refractivity contribution in [1.82, 2.24) is 0 Å². The fraction of sp³-hybridized carbons (Fsp3) is 0.440. The molecule has 33 heavy (non-hydrogen) atoms. The highest BCUT2D eigenvalue weighted by atomic mass is 16.7. The lowest BCUT2D eigenvalue weighted by Crippen LogP contribution is -2.85. The predicted octanol–water partition coefficient (Wildman–Crippen LogP) is 2.40. The summed E-state index contributed by atoms with van der Waals surface area (Å²) in [7, 11) is 0. The van der Waals surface area contributed by atoms with Gasteiger partial charge in [0.1, 0.15) is 34.1 Å². The van der Waals surface area contributed by atoms with E-state index in [1.807, 2.05) is 0 Å². The summed E-state index contributed by atoms with van der Waals surface area (Å²) < 4.78 is 11.9. The second kappa shape index (κ2) is 8.00. The molecule has 2 aromatic carbocycles. The maximum atomic E-state index is 11.3. The van der Waals surface area contributed by atoms with E-state index < -0.39 is 34.8 Å². The van der Waals surface area contributed by atoms with E-state index in [1.165, 1.54) is 46.8 Å². The first kappa shape index (κ1) is 25.0. The Morgan fingerprint density at radius 1 is 0.758 bits per heavy atom. The molecule has 1 fully saturated rings. The molecule has 2 aromatic rings. The minimum Gasteiger partial charge on any atom is -0.508 e. The average Bonchev–Trinajstić information content (AvgIpc) is 2.71. The molecule has 0 bridgehead atoms. The molecular formula is C25H32O8. The van der Waals surface area contributed by atoms with Crippen molar-refractivity contribution in [3.8, 4) is 17.2 Å². The van der Waals surface area contributed by atoms with Crippen LogP contribution in [0.3, 0.4) is 0 Å². The zero-order valence-corrected chi connectivity index (χ0v) is 19.4. The lowest BCUT2D eigenvalue weighted by atomic mass is 9.61. The van der Waals surface area contributed by atoms with Gasteiger partial charge in [-0.1, -0.05) is 24.3 Å². The molecule has 5 atom stereocenters. The van der Waals surface area contributed by atoms with Gasteiger partial charge in [0.05, 0.1) is 6.61 Å². The number of hydrogen-bond acceptors (Lipinski definition) is 8. The van der Waals surface area contributed by atoms with Crippen LogP contribution in [0, 0.1) is 0 Å². The summed E-state index contributed by atoms with van der Waals surface area (Å²) in [4.78, 5) is 0. The van der Waals surface area contributed by atoms with Gasteiger partial charge in [-0.25, -0.2) is 0 Å². The van der Waals surface area contributed by atoms with E-state index in [2.05, 4.69) is 0 Å². The van der Waals surface area contributed by atoms with Gasteiger partial charge in [0.2, 0.25) is 5.79 Å². The third-order valence-electron chi connectivity index (χ3n) is 7.12. The highest BCUT2D eigenvalue weighted by Gasteiger charge is 2.75. The Morgan fingerprint density at radius 2 is 1.33 bits per heavy atom. The molecule has 1 saturated heterocycles. The summed E-state index contributed by atoms with van der Waals surface area (Å²) >= 11 is 0. The Morgan fingerprint density at radius 3 is 1.91 bits per heavy atom. The van der Waals surface area contributed by atoms with Gasteiger partial charge in [0, 0.05) is 13.0 Å². The summed E-state index contributed by atoms with van der Waals surface area (Å²) in [5.74, 6) is -1.76. The second-order valence-electron chi connectivity index (χ2n) is 9.44. The van der Waals surface area contributed by atoms with Crippen LogP contribution < -0.4 is 4.74 Å². The first-order valence-corrected chi connectivity index (χ1v) is 10.6. The third-order valence-corrected chi connectivity index (χ3v) is 7.12. The quantitative estimate of drug-likeness (QED) is 0.374. The minimum atomic E-state index is -2.16. The van der Waals surface area contributed by atoms with Crippen molar-refractivity contribution in [1.29, 1.82) is 0 Å². The summed E-state index contributed by atoms with van der Waals surface area (Å²) in [5, 5.41) is 63.1. The van der Waals surface area contributed by atoms with E-state index in [-0.39, 0.29) is 17.2 Å². The van der Waals surface area contributed by atoms with Gasteiger partial charge >= 0.3 is 0 Å². The zero-order valence-electron chi connectivity index (χ0n) is 19.4. The largest absolute Gasteiger partial charge is 0.508 e. The van der Waals surface area contributed by atoms with Gasteiger partial charge in [0.15, 0.2) is 5.60 Å². The van der Waals surface area contributed by atoms with Crippen molar-refractivity contribution in [2.24, 2.45) is 0 Å². The Labute approximate surface area is 193 Å². The number of aromatic hydroxyl groups is 2. The monoisotopic (exact) mass is 460 g/mol. The summed E-state index contributed by atoms with van der Waals surface area (Å²) in [6.07, 6.45) is 3.50. The normalized spacial score (nSPS) is 36.8. The first-order valence-electron chi connectivity index (χ1n) is 10.6. The van der Waals surface area contributed by atoms with Gasteiger partial charge in [-0.15, -0.1) is 0 Å². The van der Waals surface area contributed by atoms with Crippen LogP contribution in [0.25, 0.3) is 12.2 Å². The van der Waals surface area contributed by atoms with Crippen LogP contribution in [0.2, 0.25) is 0 Å². The first-order chi connectivity index (χ1) is 15.1. The van der Waals surface area contributed by atoms with Crippen molar-refractivity contribution in [2.75, 3.05) is 6.61 Å². The van der Waals surface area contributed by atoms with Gasteiger partial charge in [0.25, 0.3) is 0 Å². The lowest BCUT2D eigenvalue weighted by Gasteiger charge is -2.64. The van der Waals surface area contributed by atoms with Crippen LogP contribution in [-0.4, -0.2) is 65.4 Å². The molecule has 8 nitrogen and oxygen atoms in total. The smallest absolute Gasteiger partial charge is 0.240 e. The molecule has 0 aliphatic carbocycles.